The smallest absolute Gasteiger partial charge is 0.169 e. The van der Waals surface area contributed by atoms with Crippen LogP contribution >= 0.6 is 15.9 Å². The third-order valence-electron chi connectivity index (χ3n) is 2.17. The summed E-state index contributed by atoms with van der Waals surface area (Å²) in [6.07, 6.45) is 0. The molecule has 0 aromatic carbocycles. The fraction of sp³-hybridized carbons (Fsp3) is 0.600. The molecular formula is C10H16BrNO2. The molecule has 14 heavy (non-hydrogen) atoms. The van der Waals surface area contributed by atoms with Gasteiger partial charge in [-0.25, -0.2) is 0 Å². The van der Waals surface area contributed by atoms with Gasteiger partial charge in [-0.1, -0.05) is 13.8 Å². The summed E-state index contributed by atoms with van der Waals surface area (Å²) in [4.78, 5) is 0. The second kappa shape index (κ2) is 5.53. The second-order valence-corrected chi connectivity index (χ2v) is 4.40. The van der Waals surface area contributed by atoms with E-state index >= 15 is 0 Å². The van der Waals surface area contributed by atoms with E-state index in [0.29, 0.717) is 12.5 Å². The van der Waals surface area contributed by atoms with Crippen LogP contribution in [0.2, 0.25) is 0 Å². The van der Waals surface area contributed by atoms with Crippen molar-refractivity contribution in [2.24, 2.45) is 5.92 Å². The van der Waals surface area contributed by atoms with Gasteiger partial charge in [0.15, 0.2) is 4.67 Å². The largest absolute Gasteiger partial charge is 0.453 e. The zero-order valence-electron chi connectivity index (χ0n) is 8.46. The number of rotatable bonds is 5. The van der Waals surface area contributed by atoms with Gasteiger partial charge in [0.1, 0.15) is 5.76 Å². The van der Waals surface area contributed by atoms with Crippen LogP contribution in [0.4, 0.5) is 0 Å². The molecule has 3 nitrogen and oxygen atoms in total. The van der Waals surface area contributed by atoms with Crippen molar-refractivity contribution in [1.82, 2.24) is 5.32 Å². The SMILES string of the molecule is CC(C)C(CO)NCc1ccc(Br)o1. The van der Waals surface area contributed by atoms with Crippen molar-refractivity contribution >= 4 is 15.9 Å². The first-order valence-electron chi connectivity index (χ1n) is 4.72. The Morgan fingerprint density at radius 2 is 2.21 bits per heavy atom. The number of halogens is 1. The minimum absolute atomic E-state index is 0.124. The van der Waals surface area contributed by atoms with E-state index in [2.05, 4.69) is 35.1 Å². The summed E-state index contributed by atoms with van der Waals surface area (Å²) < 4.78 is 6.07. The molecule has 1 unspecified atom stereocenters. The van der Waals surface area contributed by atoms with Gasteiger partial charge < -0.3 is 14.8 Å². The molecule has 80 valence electrons. The summed E-state index contributed by atoms with van der Waals surface area (Å²) in [5.74, 6) is 1.29. The topological polar surface area (TPSA) is 45.4 Å². The normalized spacial score (nSPS) is 13.5. The first kappa shape index (κ1) is 11.8. The maximum absolute atomic E-state index is 9.08. The van der Waals surface area contributed by atoms with E-state index in [1.54, 1.807) is 0 Å². The fourth-order valence-corrected chi connectivity index (χ4v) is 1.53. The third kappa shape index (κ3) is 3.44. The van der Waals surface area contributed by atoms with E-state index in [1.165, 1.54) is 0 Å². The molecule has 0 aliphatic rings. The molecule has 0 bridgehead atoms. The van der Waals surface area contributed by atoms with E-state index in [-0.39, 0.29) is 12.6 Å². The van der Waals surface area contributed by atoms with E-state index in [9.17, 15) is 0 Å². The first-order chi connectivity index (χ1) is 6.63. The summed E-state index contributed by atoms with van der Waals surface area (Å²) in [6, 6.07) is 3.89. The minimum Gasteiger partial charge on any atom is -0.453 e. The summed E-state index contributed by atoms with van der Waals surface area (Å²) >= 11 is 3.24. The van der Waals surface area contributed by atoms with Crippen molar-refractivity contribution in [1.29, 1.82) is 0 Å². The van der Waals surface area contributed by atoms with Gasteiger partial charge in [-0.3, -0.25) is 0 Å². The zero-order chi connectivity index (χ0) is 10.6. The van der Waals surface area contributed by atoms with Gasteiger partial charge in [0.2, 0.25) is 0 Å². The molecule has 0 spiro atoms. The third-order valence-corrected chi connectivity index (χ3v) is 2.59. The molecule has 2 N–H and O–H groups in total. The molecule has 0 fully saturated rings. The average molecular weight is 262 g/mol. The van der Waals surface area contributed by atoms with Gasteiger partial charge in [-0.15, -0.1) is 0 Å². The lowest BCUT2D eigenvalue weighted by atomic mass is 10.1. The highest BCUT2D eigenvalue weighted by Crippen LogP contribution is 2.14. The number of aliphatic hydroxyl groups excluding tert-OH is 1. The first-order valence-corrected chi connectivity index (χ1v) is 5.51. The van der Waals surface area contributed by atoms with Crippen LogP contribution in [0.5, 0.6) is 0 Å². The van der Waals surface area contributed by atoms with E-state index in [0.717, 1.165) is 10.4 Å². The van der Waals surface area contributed by atoms with E-state index < -0.39 is 0 Å². The molecular weight excluding hydrogens is 246 g/mol. The quantitative estimate of drug-likeness (QED) is 0.854. The minimum atomic E-state index is 0.124. The fourth-order valence-electron chi connectivity index (χ4n) is 1.19. The Labute approximate surface area is 92.6 Å². The average Bonchev–Trinajstić information content (AvgIpc) is 2.52. The van der Waals surface area contributed by atoms with E-state index in [1.807, 2.05) is 12.1 Å². The highest BCUT2D eigenvalue weighted by Gasteiger charge is 2.11. The van der Waals surface area contributed by atoms with Gasteiger partial charge in [0.05, 0.1) is 13.2 Å². The van der Waals surface area contributed by atoms with Gasteiger partial charge in [0, 0.05) is 6.04 Å². The Bertz CT molecular complexity index is 273. The molecule has 0 aliphatic heterocycles. The van der Waals surface area contributed by atoms with Crippen molar-refractivity contribution in [2.45, 2.75) is 26.4 Å². The molecule has 1 atom stereocenters. The number of hydrogen-bond acceptors (Lipinski definition) is 3. The molecule has 1 heterocycles. The predicted molar refractivity (Wildman–Crippen MR) is 59.0 cm³/mol. The van der Waals surface area contributed by atoms with Crippen LogP contribution in [-0.4, -0.2) is 17.8 Å². The Balaban J connectivity index is 2.39. The number of aliphatic hydroxyl groups is 1. The second-order valence-electron chi connectivity index (χ2n) is 3.62. The summed E-state index contributed by atoms with van der Waals surface area (Å²) in [7, 11) is 0. The predicted octanol–water partition coefficient (Wildman–Crippen LogP) is 2.15. The standard InChI is InChI=1S/C10H16BrNO2/c1-7(2)9(6-13)12-5-8-3-4-10(11)14-8/h3-4,7,9,12-13H,5-6H2,1-2H3. The van der Waals surface area contributed by atoms with Crippen LogP contribution in [0.25, 0.3) is 0 Å². The Kier molecular flexibility index (Phi) is 4.65. The lowest BCUT2D eigenvalue weighted by Crippen LogP contribution is -2.36. The number of nitrogens with one attached hydrogen (secondary N) is 1. The van der Waals surface area contributed by atoms with E-state index in [4.69, 9.17) is 9.52 Å². The van der Waals surface area contributed by atoms with Gasteiger partial charge in [-0.2, -0.15) is 0 Å². The maximum Gasteiger partial charge on any atom is 0.169 e. The molecule has 0 aliphatic carbocycles. The van der Waals surface area contributed by atoms with Gasteiger partial charge in [-0.05, 0) is 34.0 Å². The molecule has 0 saturated carbocycles. The van der Waals surface area contributed by atoms with Crippen molar-refractivity contribution in [3.63, 3.8) is 0 Å². The molecule has 0 amide bonds. The summed E-state index contributed by atoms with van der Waals surface area (Å²) in [5.41, 5.74) is 0. The number of hydrogen-bond donors (Lipinski definition) is 2. The Morgan fingerprint density at radius 3 is 2.64 bits per heavy atom. The Hall–Kier alpha value is -0.320. The molecule has 0 saturated heterocycles. The number of furan rings is 1. The molecule has 1 rings (SSSR count). The van der Waals surface area contributed by atoms with Crippen molar-refractivity contribution in [3.05, 3.63) is 22.6 Å². The van der Waals surface area contributed by atoms with Crippen LogP contribution in [0.15, 0.2) is 21.2 Å². The van der Waals surface area contributed by atoms with Gasteiger partial charge >= 0.3 is 0 Å². The lowest BCUT2D eigenvalue weighted by molar-refractivity contribution is 0.207. The van der Waals surface area contributed by atoms with Crippen LogP contribution in [0.1, 0.15) is 19.6 Å². The highest BCUT2D eigenvalue weighted by molar-refractivity contribution is 9.10. The van der Waals surface area contributed by atoms with Crippen LogP contribution in [0, 0.1) is 5.92 Å². The van der Waals surface area contributed by atoms with Crippen LogP contribution in [-0.2, 0) is 6.54 Å². The highest BCUT2D eigenvalue weighted by atomic mass is 79.9. The molecule has 1 aromatic rings. The van der Waals surface area contributed by atoms with Crippen LogP contribution in [0.3, 0.4) is 0 Å². The summed E-state index contributed by atoms with van der Waals surface area (Å²) in [6.45, 7) is 4.95. The van der Waals surface area contributed by atoms with Crippen LogP contribution < -0.4 is 5.32 Å². The van der Waals surface area contributed by atoms with Gasteiger partial charge in [0.25, 0.3) is 0 Å². The monoisotopic (exact) mass is 261 g/mol. The van der Waals surface area contributed by atoms with Crippen molar-refractivity contribution < 1.29 is 9.52 Å². The summed E-state index contributed by atoms with van der Waals surface area (Å²) in [5, 5.41) is 12.3. The molecule has 1 aromatic heterocycles. The van der Waals surface area contributed by atoms with Crippen molar-refractivity contribution in [2.75, 3.05) is 6.61 Å². The molecule has 0 radical (unpaired) electrons. The molecule has 4 heteroatoms. The maximum atomic E-state index is 9.08. The zero-order valence-corrected chi connectivity index (χ0v) is 10.0. The van der Waals surface area contributed by atoms with Crippen molar-refractivity contribution in [3.8, 4) is 0 Å². The lowest BCUT2D eigenvalue weighted by Gasteiger charge is -2.18. The Morgan fingerprint density at radius 1 is 1.50 bits per heavy atom.